The molecule has 0 unspecified atom stereocenters. The van der Waals surface area contributed by atoms with E-state index in [1.807, 2.05) is 18.0 Å². The first-order valence-corrected chi connectivity index (χ1v) is 8.90. The third-order valence-corrected chi connectivity index (χ3v) is 5.30. The monoisotopic (exact) mass is 349 g/mol. The molecule has 2 aromatic rings. The molecule has 0 radical (unpaired) electrons. The van der Waals surface area contributed by atoms with Gasteiger partial charge < -0.3 is 4.90 Å². The van der Waals surface area contributed by atoms with Gasteiger partial charge in [-0.15, -0.1) is 0 Å². The molecule has 7 heteroatoms. The van der Waals surface area contributed by atoms with Gasteiger partial charge in [0.25, 0.3) is 5.91 Å². The summed E-state index contributed by atoms with van der Waals surface area (Å²) >= 11 is 6.25. The van der Waals surface area contributed by atoms with Gasteiger partial charge in [0.1, 0.15) is 0 Å². The molecule has 0 spiro atoms. The number of rotatable bonds is 4. The lowest BCUT2D eigenvalue weighted by Crippen LogP contribution is -2.38. The number of aromatic nitrogens is 4. The molecule has 0 N–H and O–H groups in total. The molecule has 0 atom stereocenters. The van der Waals surface area contributed by atoms with Crippen molar-refractivity contribution < 1.29 is 4.79 Å². The third kappa shape index (κ3) is 3.07. The molecule has 0 aromatic carbocycles. The minimum Gasteiger partial charge on any atom is -0.337 e. The Morgan fingerprint density at radius 2 is 2.08 bits per heavy atom. The number of carbonyl (C=O) groups is 1. The van der Waals surface area contributed by atoms with Gasteiger partial charge in [-0.1, -0.05) is 18.5 Å². The zero-order valence-electron chi connectivity index (χ0n) is 14.5. The van der Waals surface area contributed by atoms with Gasteiger partial charge in [0.05, 0.1) is 10.7 Å². The van der Waals surface area contributed by atoms with Crippen LogP contribution in [0.4, 0.5) is 0 Å². The molecule has 0 bridgehead atoms. The van der Waals surface area contributed by atoms with Crippen LogP contribution in [-0.4, -0.2) is 43.5 Å². The van der Waals surface area contributed by atoms with Gasteiger partial charge in [-0.3, -0.25) is 14.2 Å². The van der Waals surface area contributed by atoms with Crippen LogP contribution in [0.1, 0.15) is 54.0 Å². The van der Waals surface area contributed by atoms with Crippen LogP contribution in [-0.2, 0) is 13.6 Å². The molecule has 1 aliphatic heterocycles. The first-order chi connectivity index (χ1) is 11.5. The highest BCUT2D eigenvalue weighted by atomic mass is 35.5. The average molecular weight is 350 g/mol. The van der Waals surface area contributed by atoms with Crippen molar-refractivity contribution in [2.45, 2.75) is 45.6 Å². The first kappa shape index (κ1) is 17.0. The normalized spacial score (nSPS) is 15.9. The fourth-order valence-corrected chi connectivity index (χ4v) is 3.58. The topological polar surface area (TPSA) is 56.0 Å². The summed E-state index contributed by atoms with van der Waals surface area (Å²) < 4.78 is 3.76. The lowest BCUT2D eigenvalue weighted by atomic mass is 9.93. The zero-order chi connectivity index (χ0) is 17.3. The van der Waals surface area contributed by atoms with E-state index in [1.54, 1.807) is 11.7 Å². The van der Waals surface area contributed by atoms with E-state index in [-0.39, 0.29) is 5.91 Å². The van der Waals surface area contributed by atoms with Gasteiger partial charge >= 0.3 is 0 Å². The maximum absolute atomic E-state index is 12.7. The Morgan fingerprint density at radius 1 is 1.38 bits per heavy atom. The number of amides is 1. The van der Waals surface area contributed by atoms with E-state index < -0.39 is 0 Å². The van der Waals surface area contributed by atoms with E-state index in [9.17, 15) is 4.79 Å². The van der Waals surface area contributed by atoms with E-state index in [0.717, 1.165) is 44.6 Å². The summed E-state index contributed by atoms with van der Waals surface area (Å²) in [5, 5.41) is 9.15. The molecule has 3 heterocycles. The Kier molecular flexibility index (Phi) is 4.94. The molecule has 0 saturated carbocycles. The Balaban J connectivity index is 1.67. The summed E-state index contributed by atoms with van der Waals surface area (Å²) in [5.74, 6) is 0.397. The molecule has 1 amide bonds. The van der Waals surface area contributed by atoms with E-state index >= 15 is 0 Å². The largest absolute Gasteiger partial charge is 0.337 e. The molecular weight excluding hydrogens is 326 g/mol. The van der Waals surface area contributed by atoms with Crippen LogP contribution in [0.25, 0.3) is 0 Å². The SMILES string of the molecule is CCCn1nccc1C1CCN(C(=O)c2nn(C)c(C)c2Cl)CC1. The Labute approximate surface area is 147 Å². The molecule has 0 aliphatic carbocycles. The first-order valence-electron chi connectivity index (χ1n) is 8.53. The van der Waals surface area contributed by atoms with Crippen LogP contribution in [0.5, 0.6) is 0 Å². The summed E-state index contributed by atoms with van der Waals surface area (Å²) in [6.07, 6.45) is 4.84. The molecular formula is C17H24ClN5O. The molecule has 6 nitrogen and oxygen atoms in total. The molecule has 1 fully saturated rings. The number of piperidine rings is 1. The van der Waals surface area contributed by atoms with Gasteiger partial charge in [0.15, 0.2) is 5.69 Å². The minimum absolute atomic E-state index is 0.0655. The minimum atomic E-state index is -0.0655. The smallest absolute Gasteiger partial charge is 0.275 e. The molecule has 24 heavy (non-hydrogen) atoms. The molecule has 130 valence electrons. The van der Waals surface area contributed by atoms with Crippen molar-refractivity contribution in [2.75, 3.05) is 13.1 Å². The van der Waals surface area contributed by atoms with Crippen molar-refractivity contribution in [2.24, 2.45) is 7.05 Å². The van der Waals surface area contributed by atoms with Crippen LogP contribution in [0.3, 0.4) is 0 Å². The van der Waals surface area contributed by atoms with Crippen molar-refractivity contribution in [3.05, 3.63) is 34.4 Å². The maximum Gasteiger partial charge on any atom is 0.275 e. The van der Waals surface area contributed by atoms with E-state index in [4.69, 9.17) is 11.6 Å². The third-order valence-electron chi connectivity index (χ3n) is 4.85. The number of hydrogen-bond donors (Lipinski definition) is 0. The number of likely N-dealkylation sites (tertiary alicyclic amines) is 1. The number of halogens is 1. The van der Waals surface area contributed by atoms with Crippen molar-refractivity contribution in [3.8, 4) is 0 Å². The van der Waals surface area contributed by atoms with E-state index in [1.165, 1.54) is 5.69 Å². The lowest BCUT2D eigenvalue weighted by Gasteiger charge is -2.32. The standard InChI is InChI=1S/C17H24ClN5O/c1-4-9-23-14(5-8-19-23)13-6-10-22(11-7-13)17(24)16-15(18)12(2)21(3)20-16/h5,8,13H,4,6-7,9-11H2,1-3H3. The highest BCUT2D eigenvalue weighted by Gasteiger charge is 2.29. The van der Waals surface area contributed by atoms with Gasteiger partial charge in [-0.2, -0.15) is 10.2 Å². The number of hydrogen-bond acceptors (Lipinski definition) is 3. The van der Waals surface area contributed by atoms with Gasteiger partial charge in [0.2, 0.25) is 0 Å². The quantitative estimate of drug-likeness (QED) is 0.852. The van der Waals surface area contributed by atoms with Crippen LogP contribution in [0, 0.1) is 6.92 Å². The van der Waals surface area contributed by atoms with Gasteiger partial charge in [-0.25, -0.2) is 0 Å². The summed E-state index contributed by atoms with van der Waals surface area (Å²) in [4.78, 5) is 14.6. The lowest BCUT2D eigenvalue weighted by molar-refractivity contribution is 0.0704. The van der Waals surface area contributed by atoms with Crippen LogP contribution < -0.4 is 0 Å². The van der Waals surface area contributed by atoms with Gasteiger partial charge in [-0.05, 0) is 32.3 Å². The number of aryl methyl sites for hydroxylation is 2. The Hall–Kier alpha value is -1.82. The van der Waals surface area contributed by atoms with Crippen LogP contribution in [0.2, 0.25) is 5.02 Å². The fraction of sp³-hybridized carbons (Fsp3) is 0.588. The van der Waals surface area contributed by atoms with Crippen molar-refractivity contribution in [1.29, 1.82) is 0 Å². The second-order valence-corrected chi connectivity index (χ2v) is 6.80. The van der Waals surface area contributed by atoms with Crippen molar-refractivity contribution in [1.82, 2.24) is 24.5 Å². The fourth-order valence-electron chi connectivity index (χ4n) is 3.34. The van der Waals surface area contributed by atoms with Crippen molar-refractivity contribution >= 4 is 17.5 Å². The van der Waals surface area contributed by atoms with Crippen LogP contribution >= 0.6 is 11.6 Å². The second-order valence-electron chi connectivity index (χ2n) is 6.42. The maximum atomic E-state index is 12.7. The second kappa shape index (κ2) is 6.97. The summed E-state index contributed by atoms with van der Waals surface area (Å²) in [6, 6.07) is 2.11. The van der Waals surface area contributed by atoms with E-state index in [0.29, 0.717) is 16.6 Å². The highest BCUT2D eigenvalue weighted by Crippen LogP contribution is 2.29. The molecule has 1 aliphatic rings. The summed E-state index contributed by atoms with van der Waals surface area (Å²) in [5.41, 5.74) is 2.47. The molecule has 2 aromatic heterocycles. The summed E-state index contributed by atoms with van der Waals surface area (Å²) in [7, 11) is 1.80. The highest BCUT2D eigenvalue weighted by molar-refractivity contribution is 6.34. The van der Waals surface area contributed by atoms with Crippen molar-refractivity contribution in [3.63, 3.8) is 0 Å². The van der Waals surface area contributed by atoms with Gasteiger partial charge in [0, 0.05) is 44.5 Å². The number of nitrogens with zero attached hydrogens (tertiary/aromatic N) is 5. The van der Waals surface area contributed by atoms with Crippen LogP contribution in [0.15, 0.2) is 12.3 Å². The molecule has 3 rings (SSSR count). The Morgan fingerprint density at radius 3 is 2.67 bits per heavy atom. The predicted molar refractivity (Wildman–Crippen MR) is 93.4 cm³/mol. The Bertz CT molecular complexity index is 727. The average Bonchev–Trinajstić information content (AvgIpc) is 3.15. The predicted octanol–water partition coefficient (Wildman–Crippen LogP) is 3.01. The summed E-state index contributed by atoms with van der Waals surface area (Å²) in [6.45, 7) is 6.43. The van der Waals surface area contributed by atoms with E-state index in [2.05, 4.69) is 27.9 Å². The number of carbonyl (C=O) groups excluding carboxylic acids is 1. The zero-order valence-corrected chi connectivity index (χ0v) is 15.3. The molecule has 1 saturated heterocycles.